The Balaban J connectivity index is 2.27. The number of rotatable bonds is 6. The number of carbonyl (C=O) groups excluding carboxylic acids is 1. The molecule has 0 bridgehead atoms. The van der Waals surface area contributed by atoms with Crippen molar-refractivity contribution in [2.45, 2.75) is 58.1 Å². The number of hydrogen-bond donors (Lipinski definition) is 2. The smallest absolute Gasteiger partial charge is 0.285 e. The molecule has 1 atom stereocenters. The lowest BCUT2D eigenvalue weighted by Gasteiger charge is -2.22. The molecule has 3 N–H and O–H groups in total. The predicted octanol–water partition coefficient (Wildman–Crippen LogP) is 3.31. The van der Waals surface area contributed by atoms with E-state index >= 15 is 0 Å². The third-order valence-electron chi connectivity index (χ3n) is 4.67. The van der Waals surface area contributed by atoms with Crippen LogP contribution in [0.1, 0.15) is 58.2 Å². The highest BCUT2D eigenvalue weighted by Crippen LogP contribution is 2.36. The average molecular weight is 388 g/mol. The molecule has 0 aliphatic heterocycles. The maximum absolute atomic E-state index is 13.2. The summed E-state index contributed by atoms with van der Waals surface area (Å²) in [5.41, 5.74) is 5.10. The number of primary amides is 1. The van der Waals surface area contributed by atoms with Gasteiger partial charge in [-0.05, 0) is 38.7 Å². The van der Waals surface area contributed by atoms with Crippen LogP contribution in [-0.2, 0) is 4.79 Å². The lowest BCUT2D eigenvalue weighted by molar-refractivity contribution is -0.122. The Morgan fingerprint density at radius 1 is 1.33 bits per heavy atom. The minimum absolute atomic E-state index is 0.0696. The van der Waals surface area contributed by atoms with Crippen molar-refractivity contribution in [3.63, 3.8) is 0 Å². The molecule has 0 spiro atoms. The Hall–Kier alpha value is -2.25. The zero-order valence-electron chi connectivity index (χ0n) is 16.0. The van der Waals surface area contributed by atoms with Crippen LogP contribution in [0.3, 0.4) is 0 Å². The molecule has 1 aromatic carbocycles. The predicted molar refractivity (Wildman–Crippen MR) is 109 cm³/mol. The van der Waals surface area contributed by atoms with Crippen LogP contribution in [0.4, 0.5) is 0 Å². The van der Waals surface area contributed by atoms with Gasteiger partial charge in [0.15, 0.2) is 0 Å². The van der Waals surface area contributed by atoms with Gasteiger partial charge in [-0.3, -0.25) is 9.59 Å². The highest BCUT2D eigenvalue weighted by molar-refractivity contribution is 7.25. The first-order valence-corrected chi connectivity index (χ1v) is 9.87. The van der Waals surface area contributed by atoms with Crippen molar-refractivity contribution in [1.29, 1.82) is 0 Å². The van der Waals surface area contributed by atoms with E-state index in [0.717, 1.165) is 21.2 Å². The fourth-order valence-electron chi connectivity index (χ4n) is 3.26. The average Bonchev–Trinajstić information content (AvgIpc) is 2.95. The van der Waals surface area contributed by atoms with Crippen molar-refractivity contribution < 1.29 is 9.90 Å². The van der Waals surface area contributed by atoms with Crippen LogP contribution in [0, 0.1) is 0 Å². The summed E-state index contributed by atoms with van der Waals surface area (Å²) < 4.78 is 2.82. The van der Waals surface area contributed by atoms with E-state index in [4.69, 9.17) is 5.73 Å². The molecule has 3 aromatic rings. The van der Waals surface area contributed by atoms with Gasteiger partial charge >= 0.3 is 0 Å². The molecular formula is C20H25N3O3S. The van der Waals surface area contributed by atoms with E-state index in [1.807, 2.05) is 38.1 Å². The minimum atomic E-state index is -0.958. The summed E-state index contributed by atoms with van der Waals surface area (Å²) in [7, 11) is 0. The normalized spacial score (nSPS) is 13.6. The van der Waals surface area contributed by atoms with Crippen molar-refractivity contribution in [1.82, 2.24) is 9.78 Å². The molecule has 2 aromatic heterocycles. The van der Waals surface area contributed by atoms with E-state index < -0.39 is 17.6 Å². The number of carbonyl (C=O) groups is 1. The zero-order valence-corrected chi connectivity index (χ0v) is 16.8. The number of aromatic nitrogens is 2. The van der Waals surface area contributed by atoms with Gasteiger partial charge in [-0.25, -0.2) is 4.68 Å². The molecule has 0 aliphatic carbocycles. The van der Waals surface area contributed by atoms with Gasteiger partial charge in [0.05, 0.1) is 11.3 Å². The van der Waals surface area contributed by atoms with Crippen LogP contribution >= 0.6 is 11.3 Å². The number of benzene rings is 1. The van der Waals surface area contributed by atoms with Crippen molar-refractivity contribution in [2.75, 3.05) is 0 Å². The topological polar surface area (TPSA) is 98.2 Å². The van der Waals surface area contributed by atoms with E-state index in [2.05, 4.69) is 5.10 Å². The van der Waals surface area contributed by atoms with Crippen LogP contribution in [-0.4, -0.2) is 26.4 Å². The molecule has 6 nitrogen and oxygen atoms in total. The number of nitrogens with zero attached hydrogens (tertiary/aromatic N) is 2. The summed E-state index contributed by atoms with van der Waals surface area (Å²) in [5, 5.41) is 16.5. The Labute approximate surface area is 161 Å². The first-order chi connectivity index (χ1) is 12.6. The highest BCUT2D eigenvalue weighted by atomic mass is 32.1. The van der Waals surface area contributed by atoms with E-state index in [0.29, 0.717) is 11.1 Å². The number of aliphatic hydroxyl groups is 1. The third-order valence-corrected chi connectivity index (χ3v) is 5.83. The van der Waals surface area contributed by atoms with E-state index in [9.17, 15) is 14.7 Å². The van der Waals surface area contributed by atoms with Crippen molar-refractivity contribution in [3.05, 3.63) is 40.3 Å². The molecule has 144 valence electrons. The summed E-state index contributed by atoms with van der Waals surface area (Å²) >= 11 is 1.41. The van der Waals surface area contributed by atoms with Gasteiger partial charge in [-0.15, -0.1) is 11.3 Å². The first-order valence-electron chi connectivity index (χ1n) is 9.06. The molecule has 1 amide bonds. The van der Waals surface area contributed by atoms with Gasteiger partial charge in [0, 0.05) is 15.5 Å². The van der Waals surface area contributed by atoms with Gasteiger partial charge in [0.25, 0.3) is 5.56 Å². The molecule has 0 saturated carbocycles. The fourth-order valence-corrected chi connectivity index (χ4v) is 4.40. The Morgan fingerprint density at radius 3 is 2.59 bits per heavy atom. The lowest BCUT2D eigenvalue weighted by Crippen LogP contribution is -2.37. The highest BCUT2D eigenvalue weighted by Gasteiger charge is 2.27. The summed E-state index contributed by atoms with van der Waals surface area (Å²) in [6.45, 7) is 7.35. The van der Waals surface area contributed by atoms with Gasteiger partial charge in [-0.1, -0.05) is 32.0 Å². The largest absolute Gasteiger partial charge is 0.390 e. The standard InChI is InChI=1S/C20H25N3O3S/c1-11(2)16-15-12-7-5-6-8-14(12)27-17(15)19(25)23(22-16)13(18(21)24)9-10-20(3,4)26/h5-8,11,13,26H,9-10H2,1-4H3,(H2,21,24). The number of fused-ring (bicyclic) bond motifs is 3. The summed E-state index contributed by atoms with van der Waals surface area (Å²) in [6.07, 6.45) is 0.579. The van der Waals surface area contributed by atoms with Crippen LogP contribution in [0.5, 0.6) is 0 Å². The Bertz CT molecular complexity index is 1060. The number of thiophene rings is 1. The van der Waals surface area contributed by atoms with Crippen LogP contribution < -0.4 is 11.3 Å². The number of amides is 1. The lowest BCUT2D eigenvalue weighted by atomic mass is 9.98. The van der Waals surface area contributed by atoms with Crippen LogP contribution in [0.15, 0.2) is 29.1 Å². The van der Waals surface area contributed by atoms with Crippen LogP contribution in [0.25, 0.3) is 20.2 Å². The third kappa shape index (κ3) is 3.75. The molecule has 0 radical (unpaired) electrons. The molecular weight excluding hydrogens is 362 g/mol. The molecule has 7 heteroatoms. The molecule has 0 fully saturated rings. The fraction of sp³-hybridized carbons (Fsp3) is 0.450. The van der Waals surface area contributed by atoms with Crippen molar-refractivity contribution in [3.8, 4) is 0 Å². The summed E-state index contributed by atoms with van der Waals surface area (Å²) in [4.78, 5) is 25.3. The van der Waals surface area contributed by atoms with Gasteiger partial charge < -0.3 is 10.8 Å². The molecule has 1 unspecified atom stereocenters. The Morgan fingerprint density at radius 2 is 2.00 bits per heavy atom. The maximum atomic E-state index is 13.2. The molecule has 0 aliphatic rings. The molecule has 3 rings (SSSR count). The van der Waals surface area contributed by atoms with Crippen LogP contribution in [0.2, 0.25) is 0 Å². The van der Waals surface area contributed by atoms with E-state index in [1.165, 1.54) is 16.0 Å². The quantitative estimate of drug-likeness (QED) is 0.678. The second-order valence-electron chi connectivity index (χ2n) is 7.86. The molecule has 0 saturated heterocycles. The second-order valence-corrected chi connectivity index (χ2v) is 8.91. The molecule has 2 heterocycles. The van der Waals surface area contributed by atoms with Gasteiger partial charge in [0.1, 0.15) is 10.7 Å². The summed E-state index contributed by atoms with van der Waals surface area (Å²) in [6, 6.07) is 6.96. The monoisotopic (exact) mass is 387 g/mol. The Kier molecular flexibility index (Phi) is 5.10. The van der Waals surface area contributed by atoms with Gasteiger partial charge in [0.2, 0.25) is 5.91 Å². The minimum Gasteiger partial charge on any atom is -0.390 e. The molecule has 27 heavy (non-hydrogen) atoms. The number of nitrogens with two attached hydrogens (primary N) is 1. The second kappa shape index (κ2) is 7.05. The SMILES string of the molecule is CC(C)c1nn(C(CCC(C)(C)O)C(N)=O)c(=O)c2sc3ccccc3c12. The van der Waals surface area contributed by atoms with Crippen molar-refractivity contribution >= 4 is 37.4 Å². The van der Waals surface area contributed by atoms with E-state index in [-0.39, 0.29) is 17.9 Å². The van der Waals surface area contributed by atoms with E-state index in [1.54, 1.807) is 13.8 Å². The van der Waals surface area contributed by atoms with Gasteiger partial charge in [-0.2, -0.15) is 5.10 Å². The zero-order chi connectivity index (χ0) is 19.9. The number of hydrogen-bond acceptors (Lipinski definition) is 5. The summed E-state index contributed by atoms with van der Waals surface area (Å²) in [5.74, 6) is -0.552. The first kappa shape index (κ1) is 19.5. The maximum Gasteiger partial charge on any atom is 0.285 e. The van der Waals surface area contributed by atoms with Crippen molar-refractivity contribution in [2.24, 2.45) is 5.73 Å².